The van der Waals surface area contributed by atoms with Crippen LogP contribution in [0.15, 0.2) is 36.7 Å². The van der Waals surface area contributed by atoms with Gasteiger partial charge in [-0.25, -0.2) is 4.79 Å². The van der Waals surface area contributed by atoms with E-state index in [1.807, 2.05) is 23.2 Å². The first kappa shape index (κ1) is 15.1. The molecular formula is C17H19N5O. The standard InChI is InChI=1S/C17H19N5O/c18-9-13-4-3-5-14(8-13)10-19-17(23)22-7-2-1-6-16(22)15-11-20-21-12-15/h3-5,8,11-12,16H,1-2,6-7,10H2,(H,19,23)(H,20,21)/t16-/m1/s1. The zero-order chi connectivity index (χ0) is 16.1. The summed E-state index contributed by atoms with van der Waals surface area (Å²) in [5, 5.41) is 18.7. The van der Waals surface area contributed by atoms with Crippen LogP contribution in [-0.2, 0) is 6.54 Å². The molecule has 1 atom stereocenters. The van der Waals surface area contributed by atoms with E-state index in [1.54, 1.807) is 18.3 Å². The summed E-state index contributed by atoms with van der Waals surface area (Å²) >= 11 is 0. The monoisotopic (exact) mass is 309 g/mol. The summed E-state index contributed by atoms with van der Waals surface area (Å²) in [5.41, 5.74) is 2.58. The fourth-order valence-electron chi connectivity index (χ4n) is 2.99. The number of nitrogens with one attached hydrogen (secondary N) is 2. The van der Waals surface area contributed by atoms with Crippen LogP contribution in [0.5, 0.6) is 0 Å². The minimum atomic E-state index is -0.0711. The molecule has 1 aliphatic rings. The number of nitrogens with zero attached hydrogens (tertiary/aromatic N) is 3. The van der Waals surface area contributed by atoms with Crippen LogP contribution in [0.2, 0.25) is 0 Å². The third kappa shape index (κ3) is 3.51. The van der Waals surface area contributed by atoms with Gasteiger partial charge in [0.2, 0.25) is 0 Å². The molecule has 0 bridgehead atoms. The Kier molecular flexibility index (Phi) is 4.57. The molecule has 6 nitrogen and oxygen atoms in total. The Morgan fingerprint density at radius 1 is 1.48 bits per heavy atom. The van der Waals surface area contributed by atoms with Crippen molar-refractivity contribution >= 4 is 6.03 Å². The lowest BCUT2D eigenvalue weighted by Gasteiger charge is -2.35. The predicted octanol–water partition coefficient (Wildman–Crippen LogP) is 2.72. The fourth-order valence-corrected chi connectivity index (χ4v) is 2.99. The normalized spacial score (nSPS) is 17.5. The van der Waals surface area contributed by atoms with Crippen molar-refractivity contribution in [1.82, 2.24) is 20.4 Å². The summed E-state index contributed by atoms with van der Waals surface area (Å²) in [7, 11) is 0. The van der Waals surface area contributed by atoms with E-state index in [2.05, 4.69) is 21.6 Å². The van der Waals surface area contributed by atoms with Gasteiger partial charge in [0.25, 0.3) is 0 Å². The van der Waals surface area contributed by atoms with E-state index in [0.29, 0.717) is 12.1 Å². The molecular weight excluding hydrogens is 290 g/mol. The molecule has 0 radical (unpaired) electrons. The van der Waals surface area contributed by atoms with Crippen molar-refractivity contribution in [2.45, 2.75) is 31.8 Å². The number of benzene rings is 1. The maximum Gasteiger partial charge on any atom is 0.318 e. The van der Waals surface area contributed by atoms with Crippen molar-refractivity contribution < 1.29 is 4.79 Å². The van der Waals surface area contributed by atoms with Gasteiger partial charge in [-0.1, -0.05) is 12.1 Å². The Hall–Kier alpha value is -2.81. The molecule has 1 aromatic carbocycles. The highest BCUT2D eigenvalue weighted by atomic mass is 16.2. The van der Waals surface area contributed by atoms with Gasteiger partial charge in [0, 0.05) is 24.8 Å². The SMILES string of the molecule is N#Cc1cccc(CNC(=O)N2CCCC[C@@H]2c2cn[nH]c2)c1. The summed E-state index contributed by atoms with van der Waals surface area (Å²) in [6.45, 7) is 1.17. The number of hydrogen-bond donors (Lipinski definition) is 2. The number of H-pyrrole nitrogens is 1. The number of amides is 2. The largest absolute Gasteiger partial charge is 0.334 e. The molecule has 1 fully saturated rings. The number of hydrogen-bond acceptors (Lipinski definition) is 3. The number of rotatable bonds is 3. The lowest BCUT2D eigenvalue weighted by Crippen LogP contribution is -2.44. The number of piperidine rings is 1. The highest BCUT2D eigenvalue weighted by Gasteiger charge is 2.28. The van der Waals surface area contributed by atoms with E-state index >= 15 is 0 Å². The first-order chi connectivity index (χ1) is 11.3. The topological polar surface area (TPSA) is 84.8 Å². The van der Waals surface area contributed by atoms with Crippen LogP contribution in [-0.4, -0.2) is 27.7 Å². The first-order valence-electron chi connectivity index (χ1n) is 7.80. The number of urea groups is 1. The molecule has 2 heterocycles. The minimum absolute atomic E-state index is 0.0711. The summed E-state index contributed by atoms with van der Waals surface area (Å²) < 4.78 is 0. The quantitative estimate of drug-likeness (QED) is 0.914. The summed E-state index contributed by atoms with van der Waals surface area (Å²) in [6.07, 6.45) is 6.73. The van der Waals surface area contributed by atoms with E-state index in [-0.39, 0.29) is 12.1 Å². The third-order valence-corrected chi connectivity index (χ3v) is 4.17. The Morgan fingerprint density at radius 3 is 3.17 bits per heavy atom. The molecule has 1 aliphatic heterocycles. The molecule has 118 valence electrons. The highest BCUT2D eigenvalue weighted by molar-refractivity contribution is 5.74. The van der Waals surface area contributed by atoms with Gasteiger partial charge in [0.1, 0.15) is 0 Å². The average molecular weight is 309 g/mol. The minimum Gasteiger partial charge on any atom is -0.334 e. The first-order valence-corrected chi connectivity index (χ1v) is 7.80. The van der Waals surface area contributed by atoms with Crippen molar-refractivity contribution in [1.29, 1.82) is 5.26 Å². The number of aromatic amines is 1. The van der Waals surface area contributed by atoms with E-state index < -0.39 is 0 Å². The lowest BCUT2D eigenvalue weighted by atomic mass is 9.98. The molecule has 6 heteroatoms. The van der Waals surface area contributed by atoms with Gasteiger partial charge >= 0.3 is 6.03 Å². The van der Waals surface area contributed by atoms with Gasteiger partial charge in [-0.2, -0.15) is 10.4 Å². The van der Waals surface area contributed by atoms with Crippen LogP contribution >= 0.6 is 0 Å². The highest BCUT2D eigenvalue weighted by Crippen LogP contribution is 2.30. The molecule has 0 saturated carbocycles. The molecule has 2 amide bonds. The van der Waals surface area contributed by atoms with E-state index in [4.69, 9.17) is 5.26 Å². The van der Waals surface area contributed by atoms with Crippen LogP contribution in [0.4, 0.5) is 4.79 Å². The smallest absolute Gasteiger partial charge is 0.318 e. The molecule has 0 aliphatic carbocycles. The number of carbonyl (C=O) groups excluding carboxylic acids is 1. The van der Waals surface area contributed by atoms with Crippen molar-refractivity contribution in [2.24, 2.45) is 0 Å². The maximum atomic E-state index is 12.6. The maximum absolute atomic E-state index is 12.6. The van der Waals surface area contributed by atoms with E-state index in [0.717, 1.165) is 36.9 Å². The lowest BCUT2D eigenvalue weighted by molar-refractivity contribution is 0.151. The van der Waals surface area contributed by atoms with Gasteiger partial charge in [0.05, 0.1) is 23.9 Å². The van der Waals surface area contributed by atoms with Gasteiger partial charge in [-0.3, -0.25) is 5.10 Å². The molecule has 3 rings (SSSR count). The summed E-state index contributed by atoms with van der Waals surface area (Å²) in [4.78, 5) is 14.4. The molecule has 23 heavy (non-hydrogen) atoms. The van der Waals surface area contributed by atoms with Crippen LogP contribution in [0.3, 0.4) is 0 Å². The second-order valence-corrected chi connectivity index (χ2v) is 5.71. The van der Waals surface area contributed by atoms with Crippen molar-refractivity contribution in [3.8, 4) is 6.07 Å². The number of likely N-dealkylation sites (tertiary alicyclic amines) is 1. The Labute approximate surface area is 135 Å². The van der Waals surface area contributed by atoms with Gasteiger partial charge in [0.15, 0.2) is 0 Å². The Morgan fingerprint density at radius 2 is 2.39 bits per heavy atom. The second-order valence-electron chi connectivity index (χ2n) is 5.71. The number of nitriles is 1. The van der Waals surface area contributed by atoms with Crippen molar-refractivity contribution in [3.63, 3.8) is 0 Å². The number of carbonyl (C=O) groups is 1. The van der Waals surface area contributed by atoms with Crippen LogP contribution in [0.1, 0.15) is 42.0 Å². The van der Waals surface area contributed by atoms with Crippen molar-refractivity contribution in [2.75, 3.05) is 6.54 Å². The van der Waals surface area contributed by atoms with Gasteiger partial charge in [-0.05, 0) is 37.0 Å². The van der Waals surface area contributed by atoms with E-state index in [9.17, 15) is 4.79 Å². The second kappa shape index (κ2) is 6.97. The zero-order valence-corrected chi connectivity index (χ0v) is 12.8. The Bertz CT molecular complexity index is 704. The summed E-state index contributed by atoms with van der Waals surface area (Å²) in [5.74, 6) is 0. The molecule has 0 unspecified atom stereocenters. The third-order valence-electron chi connectivity index (χ3n) is 4.17. The van der Waals surface area contributed by atoms with Crippen molar-refractivity contribution in [3.05, 3.63) is 53.3 Å². The Balaban J connectivity index is 1.65. The van der Waals surface area contributed by atoms with E-state index in [1.165, 1.54) is 0 Å². The van der Waals surface area contributed by atoms with Crippen LogP contribution in [0.25, 0.3) is 0 Å². The van der Waals surface area contributed by atoms with Gasteiger partial charge in [-0.15, -0.1) is 0 Å². The van der Waals surface area contributed by atoms with Crippen LogP contribution in [0, 0.1) is 11.3 Å². The molecule has 1 aromatic heterocycles. The molecule has 2 aromatic rings. The predicted molar refractivity (Wildman–Crippen MR) is 85.3 cm³/mol. The summed E-state index contributed by atoms with van der Waals surface area (Å²) in [6, 6.07) is 9.40. The average Bonchev–Trinajstić information content (AvgIpc) is 3.14. The van der Waals surface area contributed by atoms with Crippen LogP contribution < -0.4 is 5.32 Å². The molecule has 1 saturated heterocycles. The molecule has 0 spiro atoms. The molecule has 2 N–H and O–H groups in total. The zero-order valence-electron chi connectivity index (χ0n) is 12.8. The van der Waals surface area contributed by atoms with Gasteiger partial charge < -0.3 is 10.2 Å². The number of aromatic nitrogens is 2. The fraction of sp³-hybridized carbons (Fsp3) is 0.353.